The second kappa shape index (κ2) is 8.45. The minimum Gasteiger partial charge on any atom is -0.414 e. The highest BCUT2D eigenvalue weighted by molar-refractivity contribution is 6.74. The Morgan fingerprint density at radius 3 is 2.42 bits per heavy atom. The molecule has 5 heteroatoms. The topological polar surface area (TPSA) is 47.9 Å². The first kappa shape index (κ1) is 21.8. The molecule has 3 atom stereocenters. The van der Waals surface area contributed by atoms with Crippen LogP contribution in [-0.4, -0.2) is 44.1 Å². The molecule has 4 nitrogen and oxygen atoms in total. The fourth-order valence-corrected chi connectivity index (χ4v) is 3.47. The fraction of sp³-hybridized carbons (Fsp3) is 0.895. The molecule has 1 rings (SSSR count). The first-order valence-corrected chi connectivity index (χ1v) is 12.1. The van der Waals surface area contributed by atoms with Gasteiger partial charge in [0.2, 0.25) is 0 Å². The van der Waals surface area contributed by atoms with Crippen LogP contribution in [0.5, 0.6) is 0 Å². The van der Waals surface area contributed by atoms with E-state index in [2.05, 4.69) is 40.8 Å². The predicted octanol–water partition coefficient (Wildman–Crippen LogP) is 4.64. The van der Waals surface area contributed by atoms with Crippen LogP contribution in [0.4, 0.5) is 0 Å². The Bertz CT molecular complexity index is 412. The third kappa shape index (κ3) is 6.26. The minimum atomic E-state index is -1.85. The summed E-state index contributed by atoms with van der Waals surface area (Å²) >= 11 is 0. The summed E-state index contributed by atoms with van der Waals surface area (Å²) in [6, 6.07) is 0. The summed E-state index contributed by atoms with van der Waals surface area (Å²) in [7, 11) is -1.85. The van der Waals surface area contributed by atoms with Crippen molar-refractivity contribution in [2.75, 3.05) is 6.61 Å². The van der Waals surface area contributed by atoms with Crippen molar-refractivity contribution in [3.05, 3.63) is 12.2 Å². The van der Waals surface area contributed by atoms with Crippen molar-refractivity contribution >= 4 is 8.32 Å². The summed E-state index contributed by atoms with van der Waals surface area (Å²) in [5.41, 5.74) is 0. The molecule has 1 saturated heterocycles. The SMILES string of the molecule is CCCCC=C[C@H](O)[C@@H]1OC(C)(C)OC1CO[Si](C)(C)C(C)(C)C. The van der Waals surface area contributed by atoms with Crippen molar-refractivity contribution in [2.24, 2.45) is 0 Å². The molecule has 1 aliphatic heterocycles. The van der Waals surface area contributed by atoms with E-state index in [4.69, 9.17) is 13.9 Å². The van der Waals surface area contributed by atoms with Crippen LogP contribution >= 0.6 is 0 Å². The number of aliphatic hydroxyl groups excluding tert-OH is 1. The van der Waals surface area contributed by atoms with E-state index in [0.717, 1.165) is 19.3 Å². The molecule has 24 heavy (non-hydrogen) atoms. The van der Waals surface area contributed by atoms with E-state index in [0.29, 0.717) is 6.61 Å². The van der Waals surface area contributed by atoms with Crippen molar-refractivity contribution in [1.29, 1.82) is 0 Å². The average molecular weight is 359 g/mol. The van der Waals surface area contributed by atoms with Crippen molar-refractivity contribution in [2.45, 2.75) is 103 Å². The van der Waals surface area contributed by atoms with Crippen LogP contribution in [0.25, 0.3) is 0 Å². The van der Waals surface area contributed by atoms with Crippen molar-refractivity contribution in [1.82, 2.24) is 0 Å². The molecule has 0 bridgehead atoms. The third-order valence-corrected chi connectivity index (χ3v) is 9.53. The van der Waals surface area contributed by atoms with E-state index in [1.54, 1.807) is 0 Å². The molecule has 0 spiro atoms. The zero-order valence-electron chi connectivity index (χ0n) is 16.9. The molecule has 1 heterocycles. The lowest BCUT2D eigenvalue weighted by Gasteiger charge is -2.37. The molecular weight excluding hydrogens is 320 g/mol. The zero-order chi connectivity index (χ0) is 18.6. The van der Waals surface area contributed by atoms with E-state index < -0.39 is 20.2 Å². The third-order valence-electron chi connectivity index (χ3n) is 5.03. The second-order valence-corrected chi connectivity index (χ2v) is 13.6. The van der Waals surface area contributed by atoms with Gasteiger partial charge in [-0.2, -0.15) is 0 Å². The van der Waals surface area contributed by atoms with Gasteiger partial charge in [0.05, 0.1) is 6.61 Å². The van der Waals surface area contributed by atoms with Crippen molar-refractivity contribution in [3.8, 4) is 0 Å². The lowest BCUT2D eigenvalue weighted by molar-refractivity contribution is -0.154. The molecule has 0 saturated carbocycles. The van der Waals surface area contributed by atoms with Gasteiger partial charge in [-0.15, -0.1) is 0 Å². The van der Waals surface area contributed by atoms with Gasteiger partial charge in [0.1, 0.15) is 18.3 Å². The van der Waals surface area contributed by atoms with Gasteiger partial charge in [-0.1, -0.05) is 52.7 Å². The molecule has 142 valence electrons. The fourth-order valence-electron chi connectivity index (χ4n) is 2.46. The lowest BCUT2D eigenvalue weighted by atomic mass is 10.1. The number of aliphatic hydroxyl groups is 1. The Morgan fingerprint density at radius 1 is 1.25 bits per heavy atom. The van der Waals surface area contributed by atoms with Gasteiger partial charge in [0, 0.05) is 0 Å². The molecule has 1 unspecified atom stereocenters. The largest absolute Gasteiger partial charge is 0.414 e. The Hall–Kier alpha value is -0.203. The highest BCUT2D eigenvalue weighted by Crippen LogP contribution is 2.38. The van der Waals surface area contributed by atoms with Gasteiger partial charge in [-0.25, -0.2) is 0 Å². The molecule has 0 aromatic heterocycles. The second-order valence-electron chi connectivity index (χ2n) is 8.77. The van der Waals surface area contributed by atoms with Gasteiger partial charge in [-0.05, 0) is 38.4 Å². The molecule has 0 aromatic carbocycles. The Labute approximate surface area is 149 Å². The molecule has 0 amide bonds. The van der Waals surface area contributed by atoms with Gasteiger partial charge in [0.15, 0.2) is 14.1 Å². The van der Waals surface area contributed by atoms with Gasteiger partial charge in [-0.3, -0.25) is 0 Å². The van der Waals surface area contributed by atoms with Gasteiger partial charge in [0.25, 0.3) is 0 Å². The van der Waals surface area contributed by atoms with E-state index in [1.807, 2.05) is 26.0 Å². The summed E-state index contributed by atoms with van der Waals surface area (Å²) in [5.74, 6) is -0.690. The minimum absolute atomic E-state index is 0.149. The van der Waals surface area contributed by atoms with Crippen molar-refractivity contribution < 1.29 is 19.0 Å². The maximum Gasteiger partial charge on any atom is 0.192 e. The Balaban J connectivity index is 2.70. The number of ether oxygens (including phenoxy) is 2. The maximum absolute atomic E-state index is 10.5. The predicted molar refractivity (Wildman–Crippen MR) is 102 cm³/mol. The van der Waals surface area contributed by atoms with Gasteiger partial charge < -0.3 is 19.0 Å². The number of hydrogen-bond acceptors (Lipinski definition) is 4. The van der Waals surface area contributed by atoms with Crippen LogP contribution in [0.15, 0.2) is 12.2 Å². The highest BCUT2D eigenvalue weighted by atomic mass is 28.4. The van der Waals surface area contributed by atoms with Crippen LogP contribution < -0.4 is 0 Å². The first-order chi connectivity index (χ1) is 10.9. The number of hydrogen-bond donors (Lipinski definition) is 1. The Kier molecular flexibility index (Phi) is 7.69. The number of allylic oxidation sites excluding steroid dienone is 1. The summed E-state index contributed by atoms with van der Waals surface area (Å²) in [4.78, 5) is 0. The molecule has 0 aromatic rings. The van der Waals surface area contributed by atoms with Gasteiger partial charge >= 0.3 is 0 Å². The standard InChI is InChI=1S/C19H38O4Si/c1-9-10-11-12-13-15(20)17-16(22-19(5,6)23-17)14-21-24(7,8)18(2,3)4/h12-13,15-17,20H,9-11,14H2,1-8H3/t15-,16?,17-/m0/s1. The molecule has 0 aliphatic carbocycles. The number of rotatable bonds is 8. The van der Waals surface area contributed by atoms with E-state index in [-0.39, 0.29) is 17.2 Å². The molecular formula is C19H38O4Si. The van der Waals surface area contributed by atoms with E-state index >= 15 is 0 Å². The maximum atomic E-state index is 10.5. The first-order valence-electron chi connectivity index (χ1n) is 9.24. The van der Waals surface area contributed by atoms with E-state index in [1.165, 1.54) is 0 Å². The van der Waals surface area contributed by atoms with Crippen LogP contribution in [0.3, 0.4) is 0 Å². The van der Waals surface area contributed by atoms with E-state index in [9.17, 15) is 5.11 Å². The van der Waals surface area contributed by atoms with Crippen LogP contribution in [0.1, 0.15) is 60.8 Å². The lowest BCUT2D eigenvalue weighted by Crippen LogP contribution is -2.45. The Morgan fingerprint density at radius 2 is 1.88 bits per heavy atom. The molecule has 1 N–H and O–H groups in total. The summed E-state index contributed by atoms with van der Waals surface area (Å²) < 4.78 is 18.2. The quantitative estimate of drug-likeness (QED) is 0.390. The molecule has 0 radical (unpaired) electrons. The van der Waals surface area contributed by atoms with Crippen LogP contribution in [0.2, 0.25) is 18.1 Å². The average Bonchev–Trinajstić information content (AvgIpc) is 2.75. The monoisotopic (exact) mass is 358 g/mol. The zero-order valence-corrected chi connectivity index (χ0v) is 17.9. The summed E-state index contributed by atoms with van der Waals surface area (Å²) in [6.07, 6.45) is 5.84. The smallest absolute Gasteiger partial charge is 0.192 e. The summed E-state index contributed by atoms with van der Waals surface area (Å²) in [6.45, 7) is 17.5. The molecule has 1 fully saturated rings. The number of unbranched alkanes of at least 4 members (excludes halogenated alkanes) is 2. The van der Waals surface area contributed by atoms with Crippen LogP contribution in [-0.2, 0) is 13.9 Å². The summed E-state index contributed by atoms with van der Waals surface area (Å²) in [5, 5.41) is 10.7. The van der Waals surface area contributed by atoms with Crippen molar-refractivity contribution in [3.63, 3.8) is 0 Å². The normalized spacial score (nSPS) is 26.2. The van der Waals surface area contributed by atoms with Crippen LogP contribution in [0, 0.1) is 0 Å². The molecule has 1 aliphatic rings. The highest BCUT2D eigenvalue weighted by Gasteiger charge is 2.46.